The number of aromatic nitrogens is 1. The number of alkyl halides is 3. The van der Waals surface area contributed by atoms with Gasteiger partial charge in [0.15, 0.2) is 0 Å². The molecule has 0 saturated carbocycles. The van der Waals surface area contributed by atoms with Gasteiger partial charge in [0, 0.05) is 24.4 Å². The lowest BCUT2D eigenvalue weighted by Gasteiger charge is -2.20. The van der Waals surface area contributed by atoms with Crippen LogP contribution in [-0.2, 0) is 27.5 Å². The van der Waals surface area contributed by atoms with Gasteiger partial charge in [0.1, 0.15) is 29.5 Å². The number of rotatable bonds is 5. The predicted molar refractivity (Wildman–Crippen MR) is 171 cm³/mol. The van der Waals surface area contributed by atoms with Crippen LogP contribution >= 0.6 is 0 Å². The predicted octanol–water partition coefficient (Wildman–Crippen LogP) is 7.31. The number of aryl methyl sites for hydroxylation is 2. The molecule has 0 atom stereocenters. The molecule has 0 spiro atoms. The molecule has 5 aromatic rings. The van der Waals surface area contributed by atoms with Gasteiger partial charge in [0.05, 0.1) is 30.4 Å². The van der Waals surface area contributed by atoms with Gasteiger partial charge >= 0.3 is 12.1 Å². The lowest BCUT2D eigenvalue weighted by molar-refractivity contribution is -0.139. The highest BCUT2D eigenvalue weighted by Crippen LogP contribution is 2.42. The van der Waals surface area contributed by atoms with E-state index in [9.17, 15) is 36.3 Å². The third-order valence-corrected chi connectivity index (χ3v) is 7.89. The molecule has 0 aliphatic carbocycles. The first-order valence-electron chi connectivity index (χ1n) is 14.7. The molecule has 12 heteroatoms. The number of halogens is 5. The Bertz CT molecular complexity index is 2130. The summed E-state index contributed by atoms with van der Waals surface area (Å²) in [7, 11) is 2.65. The van der Waals surface area contributed by atoms with Crippen LogP contribution in [0.4, 0.5) is 22.0 Å². The number of carbonyl (C=O) groups excluding carboxylic acids is 2. The van der Waals surface area contributed by atoms with Gasteiger partial charge in [0.2, 0.25) is 0 Å². The zero-order chi connectivity index (χ0) is 34.7. The van der Waals surface area contributed by atoms with Crippen LogP contribution in [0, 0.1) is 18.6 Å². The van der Waals surface area contributed by atoms with E-state index in [4.69, 9.17) is 4.74 Å². The minimum absolute atomic E-state index is 0.0202. The molecule has 48 heavy (non-hydrogen) atoms. The number of esters is 1. The molecule has 0 fully saturated rings. The fourth-order valence-corrected chi connectivity index (χ4v) is 5.58. The Morgan fingerprint density at radius 2 is 1.60 bits per heavy atom. The van der Waals surface area contributed by atoms with Crippen LogP contribution in [-0.4, -0.2) is 36.7 Å². The molecule has 0 radical (unpaired) electrons. The summed E-state index contributed by atoms with van der Waals surface area (Å²) < 4.78 is 81.0. The highest BCUT2D eigenvalue weighted by molar-refractivity contribution is 6.02. The van der Waals surface area contributed by atoms with Crippen molar-refractivity contribution < 1.29 is 41.0 Å². The zero-order valence-electron chi connectivity index (χ0n) is 26.0. The number of fused-ring (bicyclic) bond motifs is 2. The van der Waals surface area contributed by atoms with E-state index >= 15 is 0 Å². The van der Waals surface area contributed by atoms with Crippen LogP contribution in [0.25, 0.3) is 38.6 Å². The molecule has 4 aromatic carbocycles. The van der Waals surface area contributed by atoms with E-state index in [1.165, 1.54) is 17.7 Å². The van der Waals surface area contributed by atoms with Crippen molar-refractivity contribution in [3.05, 3.63) is 123 Å². The molecular weight excluding hydrogens is 635 g/mol. The third kappa shape index (κ3) is 6.64. The molecule has 0 saturated heterocycles. The van der Waals surface area contributed by atoms with E-state index in [0.717, 1.165) is 36.3 Å². The molecule has 1 aromatic heterocycles. The number of nitrogens with zero attached hydrogens (tertiary/aromatic N) is 1. The lowest BCUT2D eigenvalue weighted by atomic mass is 9.91. The van der Waals surface area contributed by atoms with Crippen molar-refractivity contribution >= 4 is 39.3 Å². The number of hydrogen-bond acceptors (Lipinski definition) is 5. The summed E-state index contributed by atoms with van der Waals surface area (Å²) in [5.41, 5.74) is -0.629. The van der Waals surface area contributed by atoms with E-state index < -0.39 is 52.9 Å². The number of carbonyl (C=O) groups is 2. The Balaban J connectivity index is 0.000000238. The first-order chi connectivity index (χ1) is 22.8. The van der Waals surface area contributed by atoms with E-state index in [1.54, 1.807) is 36.4 Å². The average molecular weight is 665 g/mol. The summed E-state index contributed by atoms with van der Waals surface area (Å²) >= 11 is 0. The maximum Gasteiger partial charge on any atom is 0.417 e. The largest absolute Gasteiger partial charge is 0.493 e. The normalized spacial score (nSPS) is 12.6. The number of nitrogens with one attached hydrogen (secondary N) is 1. The Kier molecular flexibility index (Phi) is 9.64. The molecule has 248 valence electrons. The lowest BCUT2D eigenvalue weighted by Crippen LogP contribution is -2.31. The monoisotopic (exact) mass is 664 g/mol. The number of methoxy groups -OCH3 is 1. The van der Waals surface area contributed by atoms with Crippen molar-refractivity contribution in [1.29, 1.82) is 0 Å². The van der Waals surface area contributed by atoms with Crippen LogP contribution in [0.15, 0.2) is 83.7 Å². The summed E-state index contributed by atoms with van der Waals surface area (Å²) in [6.45, 7) is 1.97. The molecule has 0 bridgehead atoms. The van der Waals surface area contributed by atoms with Crippen molar-refractivity contribution in [2.75, 3.05) is 20.3 Å². The second-order valence-corrected chi connectivity index (χ2v) is 10.9. The highest BCUT2D eigenvalue weighted by Gasteiger charge is 2.38. The molecule has 1 aliphatic rings. The topological polar surface area (TPSA) is 86.6 Å². The van der Waals surface area contributed by atoms with Gasteiger partial charge in [-0.15, -0.1) is 0 Å². The summed E-state index contributed by atoms with van der Waals surface area (Å²) in [6, 6.07) is 18.4. The van der Waals surface area contributed by atoms with Crippen LogP contribution in [0.1, 0.15) is 33.5 Å². The average Bonchev–Trinajstić information content (AvgIpc) is 3.60. The van der Waals surface area contributed by atoms with Crippen molar-refractivity contribution in [2.24, 2.45) is 7.05 Å². The van der Waals surface area contributed by atoms with Crippen LogP contribution in [0.2, 0.25) is 0 Å². The fraction of sp³-hybridized carbons (Fsp3) is 0.194. The number of ether oxygens (including phenoxy) is 2. The second-order valence-electron chi connectivity index (χ2n) is 10.9. The van der Waals surface area contributed by atoms with Gasteiger partial charge in [0.25, 0.3) is 11.5 Å². The standard InChI is InChI=1S/C26H20F3NO2.C10H9F2NO3/c1-15-6-3-8-18-17(15)7-4-9-19(18)23-24(26(27,28)29)20-14-16(22-10-5-13-32-22)11-12-21(20)30(2)25(23)31;1-16-8(14)5-13-10(15)9-6(11)3-2-4-7(9)12/h3-4,6-12,14H,5,13H2,1-2H3;2-4H,5H2,1H3,(H,13,15). The van der Waals surface area contributed by atoms with Gasteiger partial charge in [-0.2, -0.15) is 13.2 Å². The van der Waals surface area contributed by atoms with E-state index in [1.807, 2.05) is 30.4 Å². The maximum atomic E-state index is 14.6. The minimum atomic E-state index is -4.73. The van der Waals surface area contributed by atoms with Crippen molar-refractivity contribution in [2.45, 2.75) is 19.5 Å². The number of amides is 1. The summed E-state index contributed by atoms with van der Waals surface area (Å²) in [5.74, 6) is -3.10. The maximum absolute atomic E-state index is 14.6. The quantitative estimate of drug-likeness (QED) is 0.157. The number of benzene rings is 4. The van der Waals surface area contributed by atoms with Crippen molar-refractivity contribution in [3.8, 4) is 11.1 Å². The van der Waals surface area contributed by atoms with Crippen molar-refractivity contribution in [3.63, 3.8) is 0 Å². The minimum Gasteiger partial charge on any atom is -0.493 e. The van der Waals surface area contributed by atoms with Gasteiger partial charge in [-0.3, -0.25) is 14.4 Å². The summed E-state index contributed by atoms with van der Waals surface area (Å²) in [5, 5.41) is 3.45. The smallest absolute Gasteiger partial charge is 0.417 e. The number of hydrogen-bond donors (Lipinski definition) is 1. The van der Waals surface area contributed by atoms with Crippen LogP contribution in [0.5, 0.6) is 0 Å². The van der Waals surface area contributed by atoms with Gasteiger partial charge in [-0.25, -0.2) is 8.78 Å². The molecule has 7 nitrogen and oxygen atoms in total. The molecule has 1 aliphatic heterocycles. The summed E-state index contributed by atoms with van der Waals surface area (Å²) in [4.78, 5) is 35.3. The van der Waals surface area contributed by atoms with E-state index in [2.05, 4.69) is 4.74 Å². The van der Waals surface area contributed by atoms with E-state index in [-0.39, 0.29) is 22.0 Å². The molecule has 6 rings (SSSR count). The molecule has 1 N–H and O–H groups in total. The first-order valence-corrected chi connectivity index (χ1v) is 14.7. The third-order valence-electron chi connectivity index (χ3n) is 7.89. The first kappa shape index (κ1) is 33.8. The SMILES string of the molecule is COC(=O)CNC(=O)c1c(F)cccc1F.Cc1cccc2c(-c3c(C(F)(F)F)c4cc(C5=CCCO5)ccc4n(C)c3=O)cccc12. The Morgan fingerprint density at radius 3 is 2.25 bits per heavy atom. The zero-order valence-corrected chi connectivity index (χ0v) is 26.0. The molecule has 2 heterocycles. The molecule has 0 unspecified atom stereocenters. The Labute approximate surface area is 271 Å². The van der Waals surface area contributed by atoms with E-state index in [0.29, 0.717) is 29.7 Å². The summed E-state index contributed by atoms with van der Waals surface area (Å²) in [6.07, 6.45) is -2.14. The van der Waals surface area contributed by atoms with Gasteiger partial charge in [-0.05, 0) is 65.2 Å². The van der Waals surface area contributed by atoms with Crippen LogP contribution < -0.4 is 10.9 Å². The number of pyridine rings is 1. The Hall–Kier alpha value is -5.52. The fourth-order valence-electron chi connectivity index (χ4n) is 5.58. The second kappa shape index (κ2) is 13.7. The van der Waals surface area contributed by atoms with Gasteiger partial charge < -0.3 is 19.4 Å². The van der Waals surface area contributed by atoms with Gasteiger partial charge in [-0.1, -0.05) is 42.5 Å². The highest BCUT2D eigenvalue weighted by atomic mass is 19.4. The molecular formula is C36H29F5N2O5. The van der Waals surface area contributed by atoms with Crippen LogP contribution in [0.3, 0.4) is 0 Å². The Morgan fingerprint density at radius 1 is 0.938 bits per heavy atom. The van der Waals surface area contributed by atoms with Crippen molar-refractivity contribution in [1.82, 2.24) is 9.88 Å². The molecule has 1 amide bonds.